The van der Waals surface area contributed by atoms with E-state index < -0.39 is 5.25 Å². The molecule has 6 aromatic rings. The lowest BCUT2D eigenvalue weighted by Gasteiger charge is -2.40. The molecule has 0 aliphatic carbocycles. The van der Waals surface area contributed by atoms with Crippen molar-refractivity contribution >= 4 is 112 Å². The van der Waals surface area contributed by atoms with Crippen LogP contribution >= 0.6 is 35.3 Å². The number of carbonyl (C=O) groups excluding carboxylic acids is 9. The molecule has 3 N–H and O–H groups in total. The summed E-state index contributed by atoms with van der Waals surface area (Å²) in [6.07, 6.45) is 10.1. The van der Waals surface area contributed by atoms with Crippen LogP contribution in [0.1, 0.15) is 240 Å². The standard InChI is InChI=1S/C37H51N5O3S.C33H44N4O3S.C32H43N5O3S/c1-5-39-19-14-26(15-20-39)29-11-7-8-12-30(29)35-41(23-18-37(2,3)4)34(44)32(46-35)24-33(43)40-21-16-28(17-22-40)42-25-27-10-6-9-13-31(27)38-36(42)45;1-22(2)14-19-36-30(39)28(41-31(36)23-10-12-25(13-11-23)33(3,4)5)20-29(38)35-17-15-26(16-18-35)37-21-24-8-6-7-9-27(24)34-32(37)40;1-32(2,3)16-19-36-29(39)27(41-30(36)24-11-7-9-13-26(24)34(4)5)20-28(38)35-17-14-23(15-18-35)37-21-22-10-6-8-12-25(22)33-31(37)40/h6-13,26,28,32,35H,5,14-25H2,1-4H3,(H,38,45);6-13,22,26,28,31H,14-21H2,1-5H3,(H,34,40);6-13,23,27,30H,14-21H2,1-5H3,(H,33,40). The molecule has 0 aromatic heterocycles. The van der Waals surface area contributed by atoms with E-state index in [-0.39, 0.29) is 134 Å². The highest BCUT2D eigenvalue weighted by Gasteiger charge is 2.49. The molecule has 12 amide bonds. The summed E-state index contributed by atoms with van der Waals surface area (Å²) in [5.41, 5.74) is 13.5. The van der Waals surface area contributed by atoms with Crippen molar-refractivity contribution < 1.29 is 43.2 Å². The molecule has 688 valence electrons. The van der Waals surface area contributed by atoms with Crippen LogP contribution in [0, 0.1) is 16.7 Å². The smallest absolute Gasteiger partial charge is 0.322 e. The van der Waals surface area contributed by atoms with Crippen LogP contribution in [0.4, 0.5) is 37.1 Å². The number of hydrogen-bond acceptors (Lipinski definition) is 14. The molecule has 6 atom stereocenters. The molecule has 16 rings (SSSR count). The van der Waals surface area contributed by atoms with Gasteiger partial charge in [0.1, 0.15) is 16.1 Å². The lowest BCUT2D eigenvalue weighted by Crippen LogP contribution is -2.51. The maximum absolute atomic E-state index is 14.1. The summed E-state index contributed by atoms with van der Waals surface area (Å²) >= 11 is 4.92. The number of urea groups is 3. The van der Waals surface area contributed by atoms with E-state index >= 15 is 0 Å². The lowest BCUT2D eigenvalue weighted by molar-refractivity contribution is -0.137. The zero-order valence-electron chi connectivity index (χ0n) is 78.0. The molecule has 0 saturated carbocycles. The third-order valence-corrected chi connectivity index (χ3v) is 31.9. The molecular weight excluding hydrogens is 1660 g/mol. The Morgan fingerprint density at radius 2 is 0.758 bits per heavy atom. The molecule has 6 unspecified atom stereocenters. The van der Waals surface area contributed by atoms with E-state index in [4.69, 9.17) is 0 Å². The second-order valence-electron chi connectivity index (χ2n) is 40.6. The number of nitrogens with one attached hydrogen (secondary N) is 3. The van der Waals surface area contributed by atoms with Crippen molar-refractivity contribution in [3.8, 4) is 0 Å². The monoisotopic (exact) mass is 1800 g/mol. The Labute approximate surface area is 773 Å². The minimum Gasteiger partial charge on any atom is -0.377 e. The van der Waals surface area contributed by atoms with Gasteiger partial charge in [-0.3, -0.25) is 28.8 Å². The van der Waals surface area contributed by atoms with Gasteiger partial charge in [0.05, 0.1) is 15.7 Å². The number of anilines is 4. The highest BCUT2D eigenvalue weighted by Crippen LogP contribution is 2.51. The number of amides is 12. The van der Waals surface area contributed by atoms with Gasteiger partial charge >= 0.3 is 18.1 Å². The maximum atomic E-state index is 14.1. The number of para-hydroxylation sites is 4. The van der Waals surface area contributed by atoms with Crippen molar-refractivity contribution in [3.05, 3.63) is 190 Å². The molecule has 6 aromatic carbocycles. The van der Waals surface area contributed by atoms with Crippen molar-refractivity contribution in [3.63, 3.8) is 0 Å². The van der Waals surface area contributed by atoms with Crippen molar-refractivity contribution in [2.45, 2.75) is 254 Å². The summed E-state index contributed by atoms with van der Waals surface area (Å²) in [4.78, 5) is 143. The first-order valence-corrected chi connectivity index (χ1v) is 49.8. The predicted octanol–water partition coefficient (Wildman–Crippen LogP) is 18.7. The molecule has 7 fully saturated rings. The second-order valence-corrected chi connectivity index (χ2v) is 44.4. The highest BCUT2D eigenvalue weighted by atomic mass is 32.2. The van der Waals surface area contributed by atoms with Crippen LogP contribution in [0.15, 0.2) is 146 Å². The van der Waals surface area contributed by atoms with Crippen molar-refractivity contribution in [2.75, 3.05) is 113 Å². The van der Waals surface area contributed by atoms with Crippen LogP contribution in [0.5, 0.6) is 0 Å². The molecule has 128 heavy (non-hydrogen) atoms. The van der Waals surface area contributed by atoms with E-state index in [2.05, 4.69) is 180 Å². The largest absolute Gasteiger partial charge is 0.377 e. The predicted molar refractivity (Wildman–Crippen MR) is 517 cm³/mol. The average Bonchev–Trinajstić information content (AvgIpc) is 1.60. The molecular formula is C102H138N14O9S3. The third kappa shape index (κ3) is 23.0. The van der Waals surface area contributed by atoms with Gasteiger partial charge < -0.3 is 69.8 Å². The number of thioether (sulfide) groups is 3. The van der Waals surface area contributed by atoms with Crippen LogP contribution in [-0.2, 0) is 53.8 Å². The number of carbonyl (C=O) groups is 9. The molecule has 10 heterocycles. The van der Waals surface area contributed by atoms with E-state index in [0.29, 0.717) is 90.4 Å². The first-order chi connectivity index (χ1) is 61.1. The van der Waals surface area contributed by atoms with Crippen LogP contribution in [0.25, 0.3) is 0 Å². The van der Waals surface area contributed by atoms with Crippen molar-refractivity contribution in [2.24, 2.45) is 16.7 Å². The molecule has 10 aliphatic rings. The fourth-order valence-corrected chi connectivity index (χ4v) is 24.0. The van der Waals surface area contributed by atoms with E-state index in [9.17, 15) is 43.2 Å². The summed E-state index contributed by atoms with van der Waals surface area (Å²) in [5.74, 6) is 1.34. The van der Waals surface area contributed by atoms with Crippen LogP contribution in [0.3, 0.4) is 0 Å². The summed E-state index contributed by atoms with van der Waals surface area (Å²) in [6.45, 7) is 37.3. The normalized spacial score (nSPS) is 22.4. The number of benzene rings is 6. The summed E-state index contributed by atoms with van der Waals surface area (Å²) in [6, 6.07) is 49.5. The molecule has 26 heteroatoms. The van der Waals surface area contributed by atoms with Gasteiger partial charge in [-0.05, 0) is 182 Å². The molecule has 0 spiro atoms. The number of piperidine rings is 4. The number of rotatable bonds is 22. The van der Waals surface area contributed by atoms with E-state index in [1.807, 2.05) is 132 Å². The van der Waals surface area contributed by atoms with E-state index in [0.717, 1.165) is 141 Å². The van der Waals surface area contributed by atoms with Crippen LogP contribution in [0.2, 0.25) is 0 Å². The van der Waals surface area contributed by atoms with Gasteiger partial charge in [0.15, 0.2) is 0 Å². The Bertz CT molecular complexity index is 4920. The van der Waals surface area contributed by atoms with E-state index in [1.165, 1.54) is 16.7 Å². The summed E-state index contributed by atoms with van der Waals surface area (Å²) < 4.78 is 0. The fraction of sp³-hybridized carbons (Fsp3) is 0.559. The zero-order valence-corrected chi connectivity index (χ0v) is 80.5. The van der Waals surface area contributed by atoms with Crippen LogP contribution in [-0.4, -0.2) is 229 Å². The fourth-order valence-electron chi connectivity index (χ4n) is 19.5. The number of nitrogens with zero attached hydrogens (tertiary/aromatic N) is 11. The van der Waals surface area contributed by atoms with Gasteiger partial charge in [0.25, 0.3) is 0 Å². The van der Waals surface area contributed by atoms with Crippen molar-refractivity contribution in [1.29, 1.82) is 0 Å². The minimum absolute atomic E-state index is 0.0278. The van der Waals surface area contributed by atoms with Gasteiger partial charge in [-0.2, -0.15) is 0 Å². The molecule has 10 aliphatic heterocycles. The maximum Gasteiger partial charge on any atom is 0.322 e. The molecule has 0 bridgehead atoms. The van der Waals surface area contributed by atoms with E-state index in [1.54, 1.807) is 35.3 Å². The minimum atomic E-state index is -0.398. The second kappa shape index (κ2) is 41.5. The number of hydrogen-bond donors (Lipinski definition) is 3. The van der Waals surface area contributed by atoms with Crippen LogP contribution < -0.4 is 20.9 Å². The number of likely N-dealkylation sites (tertiary alicyclic amines) is 4. The van der Waals surface area contributed by atoms with Gasteiger partial charge in [-0.1, -0.05) is 204 Å². The molecule has 23 nitrogen and oxygen atoms in total. The first kappa shape index (κ1) is 94.9. The molecule has 7 saturated heterocycles. The van der Waals surface area contributed by atoms with Crippen molar-refractivity contribution in [1.82, 2.24) is 49.0 Å². The average molecular weight is 1800 g/mol. The summed E-state index contributed by atoms with van der Waals surface area (Å²) in [7, 11) is 4.05. The first-order valence-electron chi connectivity index (χ1n) is 47.0. The van der Waals surface area contributed by atoms with Gasteiger partial charge in [0.2, 0.25) is 35.4 Å². The molecule has 0 radical (unpaired) electrons. The summed E-state index contributed by atoms with van der Waals surface area (Å²) in [5, 5.41) is 7.63. The Morgan fingerprint density at radius 1 is 0.414 bits per heavy atom. The van der Waals surface area contributed by atoms with Gasteiger partial charge in [-0.15, -0.1) is 35.3 Å². The Hall–Kier alpha value is -9.24. The Morgan fingerprint density at radius 3 is 1.12 bits per heavy atom. The SMILES string of the molecule is CC(C)CCN1C(=O)C(CC(=O)N2CCC(N3Cc4ccccc4NC3=O)CC2)SC1c1ccc(C(C)(C)C)cc1.CCN1CCC(c2ccccc2C2SC(CC(=O)N3CCC(N4Cc5ccccc5NC4=O)CC3)C(=O)N2CCC(C)(C)C)CC1.CN(C)c1ccccc1C1SC(CC(=O)N2CCC(N3Cc4ccccc4NC3=O)CC2)C(=O)N1CCC(C)(C)C. The number of fused-ring (bicyclic) bond motifs is 3. The Balaban J connectivity index is 0.000000156. The quantitative estimate of drug-likeness (QED) is 0.0575. The van der Waals surface area contributed by atoms with Gasteiger partial charge in [0, 0.05) is 158 Å². The highest BCUT2D eigenvalue weighted by molar-refractivity contribution is 8.01. The van der Waals surface area contributed by atoms with Gasteiger partial charge in [-0.25, -0.2) is 14.4 Å². The topological polar surface area (TPSA) is 225 Å². The zero-order chi connectivity index (χ0) is 91.0. The lowest BCUT2D eigenvalue weighted by atomic mass is 9.86. The third-order valence-electron chi connectivity index (χ3n) is 27.5. The Kier molecular flexibility index (Phi) is 30.7.